The van der Waals surface area contributed by atoms with E-state index in [1.54, 1.807) is 0 Å². The number of hydrogen-bond donors (Lipinski definition) is 1. The molecule has 2 aromatic rings. The molecular formula is C25H27N3O3. The van der Waals surface area contributed by atoms with Crippen molar-refractivity contribution in [3.8, 4) is 0 Å². The first-order valence-corrected chi connectivity index (χ1v) is 11.6. The number of anilines is 2. The van der Waals surface area contributed by atoms with E-state index in [1.807, 2.05) is 0 Å². The van der Waals surface area contributed by atoms with Gasteiger partial charge in [0.05, 0.1) is 4.92 Å². The van der Waals surface area contributed by atoms with Gasteiger partial charge in [0, 0.05) is 42.2 Å². The van der Waals surface area contributed by atoms with Crippen molar-refractivity contribution < 1.29 is 9.72 Å². The highest BCUT2D eigenvalue weighted by Gasteiger charge is 2.44. The number of nitro benzene ring substituents is 1. The average Bonchev–Trinajstić information content (AvgIpc) is 3.43. The molecule has 0 saturated heterocycles. The SMILES string of the molecule is O=C(Nc1cc2c3c(c1)[C@@H]1CCC[C@H]1CN3C[C@H]1CCC[C@H]21)c1ccc([N+](=O)[O-])cc1. The third-order valence-corrected chi connectivity index (χ3v) is 8.11. The summed E-state index contributed by atoms with van der Waals surface area (Å²) in [6.07, 6.45) is 7.71. The third-order valence-electron chi connectivity index (χ3n) is 8.11. The van der Waals surface area contributed by atoms with Crippen LogP contribution in [0.3, 0.4) is 0 Å². The molecule has 2 fully saturated rings. The van der Waals surface area contributed by atoms with Gasteiger partial charge in [0.15, 0.2) is 0 Å². The summed E-state index contributed by atoms with van der Waals surface area (Å²) in [5.41, 5.74) is 5.66. The molecule has 0 unspecified atom stereocenters. The van der Waals surface area contributed by atoms with Crippen LogP contribution in [0.4, 0.5) is 17.1 Å². The number of nitro groups is 1. The molecule has 6 rings (SSSR count). The zero-order chi connectivity index (χ0) is 21.1. The van der Waals surface area contributed by atoms with Gasteiger partial charge >= 0.3 is 0 Å². The zero-order valence-electron chi connectivity index (χ0n) is 17.5. The Morgan fingerprint density at radius 3 is 2.06 bits per heavy atom. The lowest BCUT2D eigenvalue weighted by molar-refractivity contribution is -0.384. The minimum absolute atomic E-state index is 0.00518. The molecule has 2 heterocycles. The van der Waals surface area contributed by atoms with Crippen molar-refractivity contribution in [3.63, 3.8) is 0 Å². The van der Waals surface area contributed by atoms with E-state index in [9.17, 15) is 14.9 Å². The van der Waals surface area contributed by atoms with E-state index in [2.05, 4.69) is 22.3 Å². The number of hydrogen-bond acceptors (Lipinski definition) is 4. The van der Waals surface area contributed by atoms with Gasteiger partial charge in [-0.25, -0.2) is 0 Å². The van der Waals surface area contributed by atoms with Crippen molar-refractivity contribution in [3.05, 3.63) is 63.2 Å². The van der Waals surface area contributed by atoms with Crippen molar-refractivity contribution in [2.24, 2.45) is 11.8 Å². The fourth-order valence-corrected chi connectivity index (χ4v) is 6.77. The topological polar surface area (TPSA) is 75.5 Å². The van der Waals surface area contributed by atoms with Crippen molar-refractivity contribution >= 4 is 23.0 Å². The molecule has 0 radical (unpaired) electrons. The number of carbonyl (C=O) groups excluding carboxylic acids is 1. The Labute approximate surface area is 181 Å². The second-order valence-corrected chi connectivity index (χ2v) is 9.76. The lowest BCUT2D eigenvalue weighted by Gasteiger charge is -2.46. The minimum Gasteiger partial charge on any atom is -0.370 e. The van der Waals surface area contributed by atoms with E-state index in [1.165, 1.54) is 92.7 Å². The van der Waals surface area contributed by atoms with Gasteiger partial charge in [0.2, 0.25) is 0 Å². The molecule has 2 aliphatic carbocycles. The van der Waals surface area contributed by atoms with Gasteiger partial charge in [-0.2, -0.15) is 0 Å². The minimum atomic E-state index is -0.447. The van der Waals surface area contributed by atoms with Crippen LogP contribution in [0.5, 0.6) is 0 Å². The molecular weight excluding hydrogens is 390 g/mol. The molecule has 1 amide bonds. The molecule has 0 bridgehead atoms. The third kappa shape index (κ3) is 3.03. The molecule has 4 atom stereocenters. The Morgan fingerprint density at radius 2 is 1.52 bits per heavy atom. The highest BCUT2D eigenvalue weighted by atomic mass is 16.6. The number of benzene rings is 2. The lowest BCUT2D eigenvalue weighted by Crippen LogP contribution is -2.43. The summed E-state index contributed by atoms with van der Waals surface area (Å²) >= 11 is 0. The monoisotopic (exact) mass is 417 g/mol. The molecule has 4 aliphatic rings. The quantitative estimate of drug-likeness (QED) is 0.532. The van der Waals surface area contributed by atoms with Crippen LogP contribution in [0.2, 0.25) is 0 Å². The first-order valence-electron chi connectivity index (χ1n) is 11.6. The summed E-state index contributed by atoms with van der Waals surface area (Å²) in [7, 11) is 0. The second kappa shape index (κ2) is 7.08. The molecule has 6 nitrogen and oxygen atoms in total. The Hall–Kier alpha value is -2.89. The van der Waals surface area contributed by atoms with E-state index < -0.39 is 4.92 Å². The van der Waals surface area contributed by atoms with Crippen molar-refractivity contribution in [2.75, 3.05) is 23.3 Å². The van der Waals surface area contributed by atoms with Crippen LogP contribution in [-0.2, 0) is 0 Å². The summed E-state index contributed by atoms with van der Waals surface area (Å²) < 4.78 is 0. The molecule has 160 valence electrons. The predicted molar refractivity (Wildman–Crippen MR) is 120 cm³/mol. The van der Waals surface area contributed by atoms with Gasteiger partial charge in [-0.3, -0.25) is 14.9 Å². The van der Waals surface area contributed by atoms with Gasteiger partial charge in [0.25, 0.3) is 11.6 Å². The summed E-state index contributed by atoms with van der Waals surface area (Å²) in [4.78, 5) is 26.0. The molecule has 6 heteroatoms. The van der Waals surface area contributed by atoms with Crippen LogP contribution in [0.25, 0.3) is 0 Å². The molecule has 2 saturated carbocycles. The molecule has 1 N–H and O–H groups in total. The van der Waals surface area contributed by atoms with Crippen LogP contribution < -0.4 is 10.2 Å². The molecule has 2 aromatic carbocycles. The average molecular weight is 418 g/mol. The molecule has 0 aromatic heterocycles. The summed E-state index contributed by atoms with van der Waals surface area (Å²) in [5.74, 6) is 2.48. The van der Waals surface area contributed by atoms with Crippen LogP contribution in [0, 0.1) is 22.0 Å². The predicted octanol–water partition coefficient (Wildman–Crippen LogP) is 5.45. The van der Waals surface area contributed by atoms with Crippen molar-refractivity contribution in [1.82, 2.24) is 0 Å². The van der Waals surface area contributed by atoms with Gasteiger partial charge in [-0.05, 0) is 84.7 Å². The zero-order valence-corrected chi connectivity index (χ0v) is 17.5. The largest absolute Gasteiger partial charge is 0.370 e. The van der Waals surface area contributed by atoms with Gasteiger partial charge < -0.3 is 10.2 Å². The highest BCUT2D eigenvalue weighted by Crippen LogP contribution is 2.56. The maximum absolute atomic E-state index is 12.9. The van der Waals surface area contributed by atoms with E-state index >= 15 is 0 Å². The Morgan fingerprint density at radius 1 is 0.935 bits per heavy atom. The standard InChI is InChI=1S/C25H27N3O3/c29-25(15-7-9-19(10-8-15)28(30)31)26-18-11-22-20-5-1-3-16(20)13-27-14-17-4-2-6-21(17)23(12-18)24(22)27/h7-12,16-17,20-21H,1-6,13-14H2,(H,26,29)/t16-,17+,20+,21-. The lowest BCUT2D eigenvalue weighted by atomic mass is 9.75. The first kappa shape index (κ1) is 18.8. The fourth-order valence-electron chi connectivity index (χ4n) is 6.77. The number of fused-ring (bicyclic) bond motifs is 4. The van der Waals surface area contributed by atoms with E-state index in [-0.39, 0.29) is 11.6 Å². The van der Waals surface area contributed by atoms with Gasteiger partial charge in [-0.15, -0.1) is 0 Å². The Balaban J connectivity index is 1.37. The van der Waals surface area contributed by atoms with Crippen LogP contribution in [0.15, 0.2) is 36.4 Å². The molecule has 0 spiro atoms. The van der Waals surface area contributed by atoms with Crippen molar-refractivity contribution in [1.29, 1.82) is 0 Å². The maximum Gasteiger partial charge on any atom is 0.269 e. The Bertz CT molecular complexity index is 1020. The van der Waals surface area contributed by atoms with Gasteiger partial charge in [-0.1, -0.05) is 12.8 Å². The Kier molecular flexibility index (Phi) is 4.30. The number of non-ortho nitro benzene ring substituents is 1. The smallest absolute Gasteiger partial charge is 0.269 e. The normalized spacial score (nSPS) is 27.9. The van der Waals surface area contributed by atoms with Gasteiger partial charge in [0.1, 0.15) is 0 Å². The van der Waals surface area contributed by atoms with Crippen LogP contribution in [-0.4, -0.2) is 23.9 Å². The van der Waals surface area contributed by atoms with Crippen LogP contribution in [0.1, 0.15) is 71.8 Å². The maximum atomic E-state index is 12.9. The highest BCUT2D eigenvalue weighted by molar-refractivity contribution is 6.04. The second-order valence-electron chi connectivity index (χ2n) is 9.76. The van der Waals surface area contributed by atoms with Crippen LogP contribution >= 0.6 is 0 Å². The molecule has 31 heavy (non-hydrogen) atoms. The summed E-state index contributed by atoms with van der Waals surface area (Å²) in [5, 5.41) is 14.0. The van der Waals surface area contributed by atoms with Crippen molar-refractivity contribution in [2.45, 2.75) is 50.4 Å². The summed E-state index contributed by atoms with van der Waals surface area (Å²) in [6.45, 7) is 2.39. The molecule has 2 aliphatic heterocycles. The van der Waals surface area contributed by atoms with E-state index in [0.717, 1.165) is 17.5 Å². The van der Waals surface area contributed by atoms with E-state index in [4.69, 9.17) is 0 Å². The number of amides is 1. The summed E-state index contributed by atoms with van der Waals surface area (Å²) in [6, 6.07) is 10.2. The number of carbonyl (C=O) groups is 1. The number of nitrogens with one attached hydrogen (secondary N) is 1. The number of nitrogens with zero attached hydrogens (tertiary/aromatic N) is 2. The fraction of sp³-hybridized carbons (Fsp3) is 0.480. The first-order chi connectivity index (χ1) is 15.1. The number of rotatable bonds is 3. The van der Waals surface area contributed by atoms with E-state index in [0.29, 0.717) is 17.4 Å².